The smallest absolute Gasteiger partial charge is 0.232 e. The Labute approximate surface area is 71.6 Å². The van der Waals surface area contributed by atoms with E-state index in [2.05, 4.69) is 10.1 Å². The molecule has 12 heavy (non-hydrogen) atoms. The first-order valence-electron chi connectivity index (χ1n) is 4.06. The highest BCUT2D eigenvalue weighted by Gasteiger charge is 2.20. The molecule has 1 aromatic heterocycles. The zero-order valence-corrected chi connectivity index (χ0v) is 7.61. The molecule has 4 heteroatoms. The van der Waals surface area contributed by atoms with E-state index in [0.717, 1.165) is 0 Å². The van der Waals surface area contributed by atoms with Gasteiger partial charge in [0.25, 0.3) is 0 Å². The minimum Gasteiger partial charge on any atom is -0.396 e. The molecular formula is C8H14N2O2. The van der Waals surface area contributed by atoms with Gasteiger partial charge in [-0.1, -0.05) is 19.0 Å². The largest absolute Gasteiger partial charge is 0.396 e. The molecule has 68 valence electrons. The number of nitrogens with zero attached hydrogens (tertiary/aromatic N) is 2. The van der Waals surface area contributed by atoms with E-state index in [4.69, 9.17) is 9.63 Å². The first-order chi connectivity index (χ1) is 5.65. The third-order valence-electron chi connectivity index (χ3n) is 1.86. The normalized spacial score (nSPS) is 13.8. The summed E-state index contributed by atoms with van der Waals surface area (Å²) in [4.78, 5) is 4.07. The number of aliphatic hydroxyl groups excluding tert-OH is 1. The van der Waals surface area contributed by atoms with Gasteiger partial charge in [0, 0.05) is 0 Å². The first-order valence-corrected chi connectivity index (χ1v) is 4.06. The van der Waals surface area contributed by atoms with E-state index in [1.54, 1.807) is 6.92 Å². The molecule has 0 aliphatic rings. The van der Waals surface area contributed by atoms with E-state index in [0.29, 0.717) is 17.6 Å². The minimum atomic E-state index is -0.0359. The lowest BCUT2D eigenvalue weighted by Gasteiger charge is -2.12. The third-order valence-corrected chi connectivity index (χ3v) is 1.86. The van der Waals surface area contributed by atoms with Crippen molar-refractivity contribution in [2.24, 2.45) is 5.92 Å². The van der Waals surface area contributed by atoms with Crippen LogP contribution in [0.25, 0.3) is 0 Å². The molecule has 0 spiro atoms. The Kier molecular flexibility index (Phi) is 2.81. The molecular weight excluding hydrogens is 156 g/mol. The summed E-state index contributed by atoms with van der Waals surface area (Å²) in [5.74, 6) is 1.43. The van der Waals surface area contributed by atoms with Crippen molar-refractivity contribution in [2.75, 3.05) is 6.61 Å². The summed E-state index contributed by atoms with van der Waals surface area (Å²) in [6, 6.07) is 0. The molecule has 1 heterocycles. The van der Waals surface area contributed by atoms with Crippen molar-refractivity contribution < 1.29 is 9.63 Å². The highest BCUT2D eigenvalue weighted by atomic mass is 16.5. The van der Waals surface area contributed by atoms with Crippen LogP contribution in [0.1, 0.15) is 31.5 Å². The molecule has 0 radical (unpaired) electrons. The van der Waals surface area contributed by atoms with Crippen LogP contribution in [0.15, 0.2) is 4.52 Å². The lowest BCUT2D eigenvalue weighted by atomic mass is 9.97. The van der Waals surface area contributed by atoms with Crippen molar-refractivity contribution in [2.45, 2.75) is 26.7 Å². The second-order valence-corrected chi connectivity index (χ2v) is 3.21. The molecule has 0 aliphatic carbocycles. The van der Waals surface area contributed by atoms with Crippen molar-refractivity contribution in [3.63, 3.8) is 0 Å². The number of aliphatic hydroxyl groups is 1. The van der Waals surface area contributed by atoms with Gasteiger partial charge in [-0.25, -0.2) is 0 Å². The average molecular weight is 170 g/mol. The Bertz CT molecular complexity index is 245. The highest BCUT2D eigenvalue weighted by Crippen LogP contribution is 2.21. The minimum absolute atomic E-state index is 0.0359. The van der Waals surface area contributed by atoms with Gasteiger partial charge in [0.2, 0.25) is 5.89 Å². The van der Waals surface area contributed by atoms with Gasteiger partial charge in [0.05, 0.1) is 12.5 Å². The van der Waals surface area contributed by atoms with Crippen LogP contribution in [0.5, 0.6) is 0 Å². The van der Waals surface area contributed by atoms with Gasteiger partial charge in [-0.15, -0.1) is 0 Å². The zero-order valence-electron chi connectivity index (χ0n) is 7.61. The van der Waals surface area contributed by atoms with Gasteiger partial charge in [-0.2, -0.15) is 4.98 Å². The monoisotopic (exact) mass is 170 g/mol. The van der Waals surface area contributed by atoms with Crippen LogP contribution in [0.2, 0.25) is 0 Å². The molecule has 1 rings (SSSR count). The van der Waals surface area contributed by atoms with Gasteiger partial charge in [-0.3, -0.25) is 0 Å². The summed E-state index contributed by atoms with van der Waals surface area (Å²) in [7, 11) is 0. The van der Waals surface area contributed by atoms with Crippen molar-refractivity contribution in [3.05, 3.63) is 11.7 Å². The number of hydrogen-bond donors (Lipinski definition) is 1. The molecule has 0 bridgehead atoms. The number of hydrogen-bond acceptors (Lipinski definition) is 4. The molecule has 0 saturated heterocycles. The Morgan fingerprint density at radius 1 is 1.50 bits per heavy atom. The summed E-state index contributed by atoms with van der Waals surface area (Å²) < 4.78 is 4.96. The SMILES string of the molecule is Cc1noc([C@@H](CO)C(C)C)n1. The van der Waals surface area contributed by atoms with E-state index in [1.807, 2.05) is 13.8 Å². The van der Waals surface area contributed by atoms with Gasteiger partial charge < -0.3 is 9.63 Å². The highest BCUT2D eigenvalue weighted by molar-refractivity contribution is 4.93. The predicted molar refractivity (Wildman–Crippen MR) is 43.7 cm³/mol. The average Bonchev–Trinajstić information content (AvgIpc) is 2.37. The second kappa shape index (κ2) is 3.67. The number of aryl methyl sites for hydroxylation is 1. The van der Waals surface area contributed by atoms with E-state index in [-0.39, 0.29) is 12.5 Å². The quantitative estimate of drug-likeness (QED) is 0.738. The van der Waals surface area contributed by atoms with Gasteiger partial charge >= 0.3 is 0 Å². The standard InChI is InChI=1S/C8H14N2O2/c1-5(2)7(4-11)8-9-6(3)10-12-8/h5,7,11H,4H2,1-3H3/t7-/m0/s1. The molecule has 1 atom stereocenters. The van der Waals surface area contributed by atoms with Crippen molar-refractivity contribution in [1.82, 2.24) is 10.1 Å². The maximum absolute atomic E-state index is 9.03. The van der Waals surface area contributed by atoms with E-state index < -0.39 is 0 Å². The molecule has 4 nitrogen and oxygen atoms in total. The summed E-state index contributed by atoms with van der Waals surface area (Å²) in [5, 5.41) is 12.7. The molecule has 0 aromatic carbocycles. The number of rotatable bonds is 3. The number of aromatic nitrogens is 2. The molecule has 0 saturated carbocycles. The van der Waals surface area contributed by atoms with Gasteiger partial charge in [0.1, 0.15) is 0 Å². The Morgan fingerprint density at radius 2 is 2.17 bits per heavy atom. The Morgan fingerprint density at radius 3 is 2.50 bits per heavy atom. The summed E-state index contributed by atoms with van der Waals surface area (Å²) >= 11 is 0. The third kappa shape index (κ3) is 1.82. The summed E-state index contributed by atoms with van der Waals surface area (Å²) in [5.41, 5.74) is 0. The Hall–Kier alpha value is -0.900. The maximum Gasteiger partial charge on any atom is 0.232 e. The second-order valence-electron chi connectivity index (χ2n) is 3.21. The van der Waals surface area contributed by atoms with Gasteiger partial charge in [0.15, 0.2) is 5.82 Å². The lowest BCUT2D eigenvalue weighted by molar-refractivity contribution is 0.204. The summed E-state index contributed by atoms with van der Waals surface area (Å²) in [6.45, 7) is 5.85. The fraction of sp³-hybridized carbons (Fsp3) is 0.750. The van der Waals surface area contributed by atoms with Crippen molar-refractivity contribution in [1.29, 1.82) is 0 Å². The summed E-state index contributed by atoms with van der Waals surface area (Å²) in [6.07, 6.45) is 0. The van der Waals surface area contributed by atoms with E-state index in [9.17, 15) is 0 Å². The van der Waals surface area contributed by atoms with Crippen LogP contribution in [0.3, 0.4) is 0 Å². The maximum atomic E-state index is 9.03. The fourth-order valence-corrected chi connectivity index (χ4v) is 1.04. The molecule has 0 amide bonds. The molecule has 0 fully saturated rings. The van der Waals surface area contributed by atoms with Crippen LogP contribution >= 0.6 is 0 Å². The van der Waals surface area contributed by atoms with Crippen LogP contribution in [0.4, 0.5) is 0 Å². The van der Waals surface area contributed by atoms with Crippen molar-refractivity contribution >= 4 is 0 Å². The molecule has 0 unspecified atom stereocenters. The van der Waals surface area contributed by atoms with Crippen LogP contribution in [0, 0.1) is 12.8 Å². The lowest BCUT2D eigenvalue weighted by Crippen LogP contribution is -2.11. The van der Waals surface area contributed by atoms with Crippen LogP contribution in [-0.4, -0.2) is 21.9 Å². The van der Waals surface area contributed by atoms with E-state index in [1.165, 1.54) is 0 Å². The van der Waals surface area contributed by atoms with Crippen LogP contribution in [-0.2, 0) is 0 Å². The zero-order chi connectivity index (χ0) is 9.14. The Balaban J connectivity index is 2.80. The van der Waals surface area contributed by atoms with Crippen LogP contribution < -0.4 is 0 Å². The molecule has 1 N–H and O–H groups in total. The molecule has 0 aliphatic heterocycles. The topological polar surface area (TPSA) is 59.2 Å². The van der Waals surface area contributed by atoms with Gasteiger partial charge in [-0.05, 0) is 12.8 Å². The first kappa shape index (κ1) is 9.19. The van der Waals surface area contributed by atoms with Crippen molar-refractivity contribution in [3.8, 4) is 0 Å². The molecule has 1 aromatic rings. The predicted octanol–water partition coefficient (Wildman–Crippen LogP) is 1.11. The van der Waals surface area contributed by atoms with E-state index >= 15 is 0 Å². The fourth-order valence-electron chi connectivity index (χ4n) is 1.04.